The van der Waals surface area contributed by atoms with Crippen LogP contribution in [0, 0.1) is 11.6 Å². The van der Waals surface area contributed by atoms with Crippen molar-refractivity contribution < 1.29 is 23.1 Å². The van der Waals surface area contributed by atoms with E-state index in [-0.39, 0.29) is 24.4 Å². The molecule has 0 fully saturated rings. The van der Waals surface area contributed by atoms with Gasteiger partial charge in [0.1, 0.15) is 17.4 Å². The van der Waals surface area contributed by atoms with Gasteiger partial charge in [0, 0.05) is 0 Å². The molecule has 7 heteroatoms. The number of hydrazine groups is 1. The van der Waals surface area contributed by atoms with E-state index in [1.807, 2.05) is 0 Å². The summed E-state index contributed by atoms with van der Waals surface area (Å²) in [6, 6.07) is 10.8. The molecule has 0 bridgehead atoms. The molecule has 0 radical (unpaired) electrons. The minimum absolute atomic E-state index is 0.0328. The van der Waals surface area contributed by atoms with Crippen LogP contribution in [0.1, 0.15) is 16.8 Å². The van der Waals surface area contributed by atoms with E-state index in [4.69, 9.17) is 4.74 Å². The van der Waals surface area contributed by atoms with E-state index in [0.717, 1.165) is 6.07 Å². The number of halogens is 2. The third-order valence-corrected chi connectivity index (χ3v) is 2.85. The first-order valence-electron chi connectivity index (χ1n) is 6.78. The second-order valence-corrected chi connectivity index (χ2v) is 4.53. The molecule has 2 rings (SSSR count). The summed E-state index contributed by atoms with van der Waals surface area (Å²) in [5.74, 6) is -1.90. The van der Waals surface area contributed by atoms with Gasteiger partial charge in [0.25, 0.3) is 5.91 Å². The predicted octanol–water partition coefficient (Wildman–Crippen LogP) is 2.19. The van der Waals surface area contributed by atoms with Gasteiger partial charge < -0.3 is 4.74 Å². The summed E-state index contributed by atoms with van der Waals surface area (Å²) >= 11 is 0. The first-order chi connectivity index (χ1) is 11.1. The molecule has 2 aromatic rings. The van der Waals surface area contributed by atoms with E-state index >= 15 is 0 Å². The highest BCUT2D eigenvalue weighted by Gasteiger charge is 2.11. The van der Waals surface area contributed by atoms with Crippen LogP contribution in [-0.2, 0) is 4.79 Å². The molecule has 2 aromatic carbocycles. The van der Waals surface area contributed by atoms with Crippen molar-refractivity contribution in [1.82, 2.24) is 10.9 Å². The molecule has 2 amide bonds. The molecule has 0 aliphatic rings. The fraction of sp³-hybridized carbons (Fsp3) is 0.125. The quantitative estimate of drug-likeness (QED) is 0.830. The van der Waals surface area contributed by atoms with Crippen molar-refractivity contribution in [3.63, 3.8) is 0 Å². The summed E-state index contributed by atoms with van der Waals surface area (Å²) in [6.45, 7) is 0.0486. The van der Waals surface area contributed by atoms with E-state index in [0.29, 0.717) is 5.75 Å². The van der Waals surface area contributed by atoms with E-state index < -0.39 is 17.6 Å². The summed E-state index contributed by atoms with van der Waals surface area (Å²) in [6.07, 6.45) is -0.0328. The fourth-order valence-corrected chi connectivity index (χ4v) is 1.69. The number of hydrogen-bond acceptors (Lipinski definition) is 3. The zero-order valence-electron chi connectivity index (χ0n) is 12.0. The van der Waals surface area contributed by atoms with Crippen LogP contribution in [0.5, 0.6) is 5.75 Å². The molecule has 0 saturated heterocycles. The average molecular weight is 320 g/mol. The second kappa shape index (κ2) is 7.88. The number of benzene rings is 2. The standard InChI is InChI=1S/C16H14F2N2O3/c17-11-5-7-12(8-6-11)23-10-9-15(21)19-20-16(22)13-3-1-2-4-14(13)18/h1-8H,9-10H2,(H,19,21)(H,20,22). The van der Waals surface area contributed by atoms with Gasteiger partial charge in [-0.25, -0.2) is 8.78 Å². The van der Waals surface area contributed by atoms with Crippen molar-refractivity contribution in [2.75, 3.05) is 6.61 Å². The van der Waals surface area contributed by atoms with Crippen LogP contribution in [0.15, 0.2) is 48.5 Å². The molecule has 23 heavy (non-hydrogen) atoms. The molecule has 0 spiro atoms. The lowest BCUT2D eigenvalue weighted by Crippen LogP contribution is -2.42. The highest BCUT2D eigenvalue weighted by molar-refractivity contribution is 5.95. The number of carbonyl (C=O) groups excluding carboxylic acids is 2. The third-order valence-electron chi connectivity index (χ3n) is 2.85. The van der Waals surface area contributed by atoms with Gasteiger partial charge in [-0.3, -0.25) is 20.4 Å². The summed E-state index contributed by atoms with van der Waals surface area (Å²) in [5.41, 5.74) is 4.10. The highest BCUT2D eigenvalue weighted by Crippen LogP contribution is 2.11. The van der Waals surface area contributed by atoms with Crippen LogP contribution in [0.2, 0.25) is 0 Å². The Hall–Kier alpha value is -2.96. The van der Waals surface area contributed by atoms with Gasteiger partial charge in [-0.05, 0) is 36.4 Å². The van der Waals surface area contributed by atoms with Crippen LogP contribution < -0.4 is 15.6 Å². The molecule has 2 N–H and O–H groups in total. The molecule has 0 saturated carbocycles. The lowest BCUT2D eigenvalue weighted by atomic mass is 10.2. The molecular formula is C16H14F2N2O3. The lowest BCUT2D eigenvalue weighted by molar-refractivity contribution is -0.122. The SMILES string of the molecule is O=C(CCOc1ccc(F)cc1)NNC(=O)c1ccccc1F. The second-order valence-electron chi connectivity index (χ2n) is 4.53. The average Bonchev–Trinajstić information content (AvgIpc) is 2.55. The van der Waals surface area contributed by atoms with Gasteiger partial charge in [-0.1, -0.05) is 12.1 Å². The van der Waals surface area contributed by atoms with Crippen LogP contribution in [0.3, 0.4) is 0 Å². The summed E-state index contributed by atoms with van der Waals surface area (Å²) in [5, 5.41) is 0. The Morgan fingerprint density at radius 2 is 1.65 bits per heavy atom. The topological polar surface area (TPSA) is 67.4 Å². The first kappa shape index (κ1) is 16.4. The van der Waals surface area contributed by atoms with Gasteiger partial charge in [0.15, 0.2) is 0 Å². The maximum absolute atomic E-state index is 13.4. The smallest absolute Gasteiger partial charge is 0.272 e. The summed E-state index contributed by atoms with van der Waals surface area (Å²) in [7, 11) is 0. The van der Waals surface area contributed by atoms with Crippen molar-refractivity contribution in [3.8, 4) is 5.75 Å². The molecule has 0 atom stereocenters. The number of rotatable bonds is 5. The monoisotopic (exact) mass is 320 g/mol. The number of ether oxygens (including phenoxy) is 1. The molecule has 0 aliphatic carbocycles. The number of nitrogens with one attached hydrogen (secondary N) is 2. The van der Waals surface area contributed by atoms with Crippen LogP contribution in [0.25, 0.3) is 0 Å². The third kappa shape index (κ3) is 5.06. The molecule has 5 nitrogen and oxygen atoms in total. The van der Waals surface area contributed by atoms with Crippen molar-refractivity contribution in [2.24, 2.45) is 0 Å². The Morgan fingerprint density at radius 1 is 0.957 bits per heavy atom. The number of carbonyl (C=O) groups is 2. The molecule has 0 aromatic heterocycles. The van der Waals surface area contributed by atoms with E-state index in [9.17, 15) is 18.4 Å². The predicted molar refractivity (Wildman–Crippen MR) is 78.5 cm³/mol. The first-order valence-corrected chi connectivity index (χ1v) is 6.78. The van der Waals surface area contributed by atoms with Crippen LogP contribution >= 0.6 is 0 Å². The van der Waals surface area contributed by atoms with E-state index in [2.05, 4.69) is 10.9 Å². The molecule has 0 aliphatic heterocycles. The maximum atomic E-state index is 13.4. The van der Waals surface area contributed by atoms with Gasteiger partial charge >= 0.3 is 0 Å². The lowest BCUT2D eigenvalue weighted by Gasteiger charge is -2.09. The Kier molecular flexibility index (Phi) is 5.62. The summed E-state index contributed by atoms with van der Waals surface area (Å²) < 4.78 is 31.3. The minimum Gasteiger partial charge on any atom is -0.493 e. The molecule has 120 valence electrons. The van der Waals surface area contributed by atoms with Crippen LogP contribution in [-0.4, -0.2) is 18.4 Å². The Bertz CT molecular complexity index is 690. The fourth-order valence-electron chi connectivity index (χ4n) is 1.69. The molecular weight excluding hydrogens is 306 g/mol. The van der Waals surface area contributed by atoms with Crippen molar-refractivity contribution in [2.45, 2.75) is 6.42 Å². The van der Waals surface area contributed by atoms with Gasteiger partial charge in [-0.15, -0.1) is 0 Å². The highest BCUT2D eigenvalue weighted by atomic mass is 19.1. The van der Waals surface area contributed by atoms with Gasteiger partial charge in [-0.2, -0.15) is 0 Å². The van der Waals surface area contributed by atoms with Gasteiger partial charge in [0.05, 0.1) is 18.6 Å². The Morgan fingerprint density at radius 3 is 2.35 bits per heavy atom. The number of amides is 2. The molecule has 0 heterocycles. The zero-order valence-corrected chi connectivity index (χ0v) is 12.0. The van der Waals surface area contributed by atoms with Gasteiger partial charge in [0.2, 0.25) is 5.91 Å². The summed E-state index contributed by atoms with van der Waals surface area (Å²) in [4.78, 5) is 23.2. The number of hydrogen-bond donors (Lipinski definition) is 2. The normalized spacial score (nSPS) is 10.0. The van der Waals surface area contributed by atoms with Crippen LogP contribution in [0.4, 0.5) is 8.78 Å². The zero-order chi connectivity index (χ0) is 16.7. The van der Waals surface area contributed by atoms with E-state index in [1.54, 1.807) is 0 Å². The Labute approximate surface area is 131 Å². The van der Waals surface area contributed by atoms with E-state index in [1.165, 1.54) is 42.5 Å². The van der Waals surface area contributed by atoms with Crippen molar-refractivity contribution >= 4 is 11.8 Å². The van der Waals surface area contributed by atoms with Crippen molar-refractivity contribution in [3.05, 3.63) is 65.7 Å². The Balaban J connectivity index is 1.72. The maximum Gasteiger partial charge on any atom is 0.272 e. The minimum atomic E-state index is -0.754. The molecule has 0 unspecified atom stereocenters. The van der Waals surface area contributed by atoms with Crippen molar-refractivity contribution in [1.29, 1.82) is 0 Å². The largest absolute Gasteiger partial charge is 0.493 e.